The Morgan fingerprint density at radius 1 is 1.38 bits per heavy atom. The van der Waals surface area contributed by atoms with Crippen LogP contribution in [0.4, 0.5) is 0 Å². The van der Waals surface area contributed by atoms with Gasteiger partial charge in [-0.1, -0.05) is 18.0 Å². The number of halogens is 1. The van der Waals surface area contributed by atoms with Crippen molar-refractivity contribution in [3.63, 3.8) is 0 Å². The number of carbonyl (C=O) groups excluding carboxylic acids is 1. The second kappa shape index (κ2) is 9.11. The third-order valence-electron chi connectivity index (χ3n) is 4.14. The lowest BCUT2D eigenvalue weighted by Gasteiger charge is -2.35. The number of rotatable bonds is 8. The molecular formula is C17H25ClN2O4. The highest BCUT2D eigenvalue weighted by molar-refractivity contribution is 6.32. The van der Waals surface area contributed by atoms with E-state index in [1.807, 2.05) is 12.1 Å². The predicted molar refractivity (Wildman–Crippen MR) is 92.6 cm³/mol. The molecule has 6 nitrogen and oxygen atoms in total. The molecule has 2 N–H and O–H groups in total. The summed E-state index contributed by atoms with van der Waals surface area (Å²) >= 11 is 6.31. The molecule has 1 aromatic carbocycles. The first-order valence-corrected chi connectivity index (χ1v) is 8.43. The summed E-state index contributed by atoms with van der Waals surface area (Å²) in [5, 5.41) is 0.408. The van der Waals surface area contributed by atoms with Crippen LogP contribution in [-0.4, -0.2) is 50.8 Å². The van der Waals surface area contributed by atoms with Gasteiger partial charge in [0.15, 0.2) is 18.1 Å². The zero-order valence-electron chi connectivity index (χ0n) is 14.2. The Kier molecular flexibility index (Phi) is 7.15. The second-order valence-corrected chi connectivity index (χ2v) is 6.35. The quantitative estimate of drug-likeness (QED) is 0.773. The molecule has 0 radical (unpaired) electrons. The molecule has 1 saturated heterocycles. The second-order valence-electron chi connectivity index (χ2n) is 5.94. The summed E-state index contributed by atoms with van der Waals surface area (Å²) < 4.78 is 16.1. The minimum Gasteiger partial charge on any atom is -0.493 e. The van der Waals surface area contributed by atoms with Crippen molar-refractivity contribution in [2.75, 3.05) is 34.0 Å². The van der Waals surface area contributed by atoms with Crippen LogP contribution in [0.15, 0.2) is 12.1 Å². The lowest BCUT2D eigenvalue weighted by atomic mass is 10.0. The number of hydrogen-bond acceptors (Lipinski definition) is 5. The SMILES string of the molecule is COC[C@@H]1CCCCN1Cc1cc(Cl)c(OCC(N)=O)c(OC)c1. The first kappa shape index (κ1) is 18.8. The number of methoxy groups -OCH3 is 2. The molecule has 7 heteroatoms. The summed E-state index contributed by atoms with van der Waals surface area (Å²) in [6.45, 7) is 2.29. The Bertz CT molecular complexity index is 566. The molecule has 1 fully saturated rings. The molecule has 24 heavy (non-hydrogen) atoms. The van der Waals surface area contributed by atoms with Gasteiger partial charge in [0.2, 0.25) is 0 Å². The van der Waals surface area contributed by atoms with Crippen LogP contribution in [0, 0.1) is 0 Å². The highest BCUT2D eigenvalue weighted by atomic mass is 35.5. The van der Waals surface area contributed by atoms with Gasteiger partial charge in [-0.2, -0.15) is 0 Å². The molecule has 1 aliphatic heterocycles. The molecule has 1 amide bonds. The summed E-state index contributed by atoms with van der Waals surface area (Å²) in [5.74, 6) is 0.278. The van der Waals surface area contributed by atoms with E-state index < -0.39 is 5.91 Å². The molecule has 0 aliphatic carbocycles. The van der Waals surface area contributed by atoms with E-state index in [9.17, 15) is 4.79 Å². The van der Waals surface area contributed by atoms with Crippen LogP contribution in [0.1, 0.15) is 24.8 Å². The van der Waals surface area contributed by atoms with Gasteiger partial charge in [-0.3, -0.25) is 9.69 Å². The Hall–Kier alpha value is -1.50. The average molecular weight is 357 g/mol. The van der Waals surface area contributed by atoms with Gasteiger partial charge in [0.25, 0.3) is 5.91 Å². The summed E-state index contributed by atoms with van der Waals surface area (Å²) in [6, 6.07) is 4.15. The Labute approximate surface area is 147 Å². The van der Waals surface area contributed by atoms with Crippen molar-refractivity contribution >= 4 is 17.5 Å². The standard InChI is InChI=1S/C17H25ClN2O4/c1-22-10-13-5-3-4-6-20(13)9-12-7-14(18)17(15(8-12)23-2)24-11-16(19)21/h7-8,13H,3-6,9-11H2,1-2H3,(H2,19,21)/t13-/m0/s1. The minimum absolute atomic E-state index is 0.239. The number of carbonyl (C=O) groups is 1. The number of benzene rings is 1. The summed E-state index contributed by atoms with van der Waals surface area (Å²) in [4.78, 5) is 13.3. The van der Waals surface area contributed by atoms with Crippen molar-refractivity contribution in [1.82, 2.24) is 4.90 Å². The number of piperidine rings is 1. The summed E-state index contributed by atoms with van der Waals surface area (Å²) in [7, 11) is 3.28. The topological polar surface area (TPSA) is 74.0 Å². The normalized spacial score (nSPS) is 18.4. The molecule has 0 unspecified atom stereocenters. The predicted octanol–water partition coefficient (Wildman–Crippen LogP) is 2.21. The van der Waals surface area contributed by atoms with Crippen molar-refractivity contribution in [1.29, 1.82) is 0 Å². The highest BCUT2D eigenvalue weighted by Crippen LogP contribution is 2.37. The Morgan fingerprint density at radius 2 is 2.17 bits per heavy atom. The fourth-order valence-corrected chi connectivity index (χ4v) is 3.32. The first-order chi connectivity index (χ1) is 11.5. The molecule has 1 aromatic rings. The number of nitrogens with zero attached hydrogens (tertiary/aromatic N) is 1. The van der Waals surface area contributed by atoms with Crippen LogP contribution in [-0.2, 0) is 16.1 Å². The van der Waals surface area contributed by atoms with Gasteiger partial charge in [-0.25, -0.2) is 0 Å². The van der Waals surface area contributed by atoms with E-state index in [2.05, 4.69) is 4.90 Å². The summed E-state index contributed by atoms with van der Waals surface area (Å²) in [6.07, 6.45) is 3.55. The van der Waals surface area contributed by atoms with Crippen LogP contribution < -0.4 is 15.2 Å². The fraction of sp³-hybridized carbons (Fsp3) is 0.588. The van der Waals surface area contributed by atoms with Crippen LogP contribution in [0.5, 0.6) is 11.5 Å². The zero-order valence-corrected chi connectivity index (χ0v) is 15.0. The molecule has 0 saturated carbocycles. The number of nitrogens with two attached hydrogens (primary N) is 1. The molecule has 1 aliphatic rings. The van der Waals surface area contributed by atoms with E-state index >= 15 is 0 Å². The van der Waals surface area contributed by atoms with Gasteiger partial charge in [0, 0.05) is 19.7 Å². The summed E-state index contributed by atoms with van der Waals surface area (Å²) in [5.41, 5.74) is 6.15. The molecule has 1 atom stereocenters. The molecule has 0 spiro atoms. The number of likely N-dealkylation sites (tertiary alicyclic amines) is 1. The number of primary amides is 1. The van der Waals surface area contributed by atoms with Gasteiger partial charge < -0.3 is 19.9 Å². The van der Waals surface area contributed by atoms with Crippen molar-refractivity contribution in [3.05, 3.63) is 22.7 Å². The lowest BCUT2D eigenvalue weighted by Crippen LogP contribution is -2.41. The molecule has 0 bridgehead atoms. The number of amides is 1. The van der Waals surface area contributed by atoms with E-state index in [1.165, 1.54) is 12.8 Å². The van der Waals surface area contributed by atoms with Gasteiger partial charge in [0.05, 0.1) is 18.7 Å². The van der Waals surface area contributed by atoms with Crippen LogP contribution >= 0.6 is 11.6 Å². The molecular weight excluding hydrogens is 332 g/mol. The highest BCUT2D eigenvalue weighted by Gasteiger charge is 2.23. The van der Waals surface area contributed by atoms with E-state index in [-0.39, 0.29) is 6.61 Å². The van der Waals surface area contributed by atoms with Crippen molar-refractivity contribution in [2.24, 2.45) is 5.73 Å². The maximum absolute atomic E-state index is 10.9. The van der Waals surface area contributed by atoms with Gasteiger partial charge >= 0.3 is 0 Å². The Morgan fingerprint density at radius 3 is 2.83 bits per heavy atom. The fourth-order valence-electron chi connectivity index (χ4n) is 3.03. The molecule has 2 rings (SSSR count). The van der Waals surface area contributed by atoms with E-state index in [0.717, 1.165) is 31.7 Å². The van der Waals surface area contributed by atoms with Gasteiger partial charge in [-0.15, -0.1) is 0 Å². The van der Waals surface area contributed by atoms with Crippen LogP contribution in [0.25, 0.3) is 0 Å². The third kappa shape index (κ3) is 5.00. The van der Waals surface area contributed by atoms with Crippen LogP contribution in [0.3, 0.4) is 0 Å². The third-order valence-corrected chi connectivity index (χ3v) is 4.42. The van der Waals surface area contributed by atoms with E-state index in [1.54, 1.807) is 14.2 Å². The van der Waals surface area contributed by atoms with Crippen LogP contribution in [0.2, 0.25) is 5.02 Å². The minimum atomic E-state index is -0.562. The van der Waals surface area contributed by atoms with Crippen molar-refractivity contribution in [2.45, 2.75) is 31.8 Å². The van der Waals surface area contributed by atoms with Gasteiger partial charge in [-0.05, 0) is 37.1 Å². The Balaban J connectivity index is 2.15. The maximum atomic E-state index is 10.9. The smallest absolute Gasteiger partial charge is 0.255 e. The number of hydrogen-bond donors (Lipinski definition) is 1. The average Bonchev–Trinajstić information content (AvgIpc) is 2.55. The molecule has 134 valence electrons. The maximum Gasteiger partial charge on any atom is 0.255 e. The molecule has 0 aromatic heterocycles. The van der Waals surface area contributed by atoms with Crippen molar-refractivity contribution in [3.8, 4) is 11.5 Å². The molecule has 1 heterocycles. The largest absolute Gasteiger partial charge is 0.493 e. The zero-order chi connectivity index (χ0) is 17.5. The number of ether oxygens (including phenoxy) is 3. The van der Waals surface area contributed by atoms with E-state index in [0.29, 0.717) is 22.6 Å². The first-order valence-electron chi connectivity index (χ1n) is 8.05. The van der Waals surface area contributed by atoms with E-state index in [4.69, 9.17) is 31.5 Å². The van der Waals surface area contributed by atoms with Crippen molar-refractivity contribution < 1.29 is 19.0 Å². The van der Waals surface area contributed by atoms with Gasteiger partial charge in [0.1, 0.15) is 0 Å². The lowest BCUT2D eigenvalue weighted by molar-refractivity contribution is -0.119. The monoisotopic (exact) mass is 356 g/mol.